The zero-order valence-electron chi connectivity index (χ0n) is 17.3. The number of hydrogen-bond acceptors (Lipinski definition) is 4. The lowest BCUT2D eigenvalue weighted by Crippen LogP contribution is -2.20. The van der Waals surface area contributed by atoms with Crippen molar-refractivity contribution in [3.63, 3.8) is 0 Å². The highest BCUT2D eigenvalue weighted by Crippen LogP contribution is 2.47. The summed E-state index contributed by atoms with van der Waals surface area (Å²) in [6.45, 7) is 4.09. The highest BCUT2D eigenvalue weighted by Gasteiger charge is 2.37. The molecule has 1 aromatic heterocycles. The summed E-state index contributed by atoms with van der Waals surface area (Å²) in [5, 5.41) is 12.6. The third kappa shape index (κ3) is 4.15. The molecule has 1 heterocycles. The molecule has 30 heavy (non-hydrogen) atoms. The van der Waals surface area contributed by atoms with Crippen LogP contribution in [0.15, 0.2) is 53.7 Å². The number of thioether (sulfide) groups is 1. The van der Waals surface area contributed by atoms with Crippen molar-refractivity contribution in [3.05, 3.63) is 71.0 Å². The Morgan fingerprint density at radius 3 is 2.37 bits per heavy atom. The van der Waals surface area contributed by atoms with E-state index in [0.29, 0.717) is 12.0 Å². The van der Waals surface area contributed by atoms with Gasteiger partial charge in [-0.05, 0) is 68.4 Å². The van der Waals surface area contributed by atoms with Gasteiger partial charge in [0.25, 0.3) is 0 Å². The molecular weight excluding hydrogens is 392 g/mol. The number of aryl methyl sites for hydroxylation is 2. The highest BCUT2D eigenvalue weighted by atomic mass is 32.2. The average Bonchev–Trinajstić information content (AvgIpc) is 3.64. The standard InChI is InChI=1S/C24H26N4OS/c1-15-12-16(2)14-19(13-15)25-23(29)21(17-6-4-3-5-7-17)30-24-27-26-22(18-8-9-18)28(24)20-10-11-20/h3-7,12-14,18,20-21H,8-11H2,1-2H3,(H,25,29)/t21-/m0/s1. The molecule has 0 radical (unpaired) electrons. The minimum atomic E-state index is -0.388. The monoisotopic (exact) mass is 418 g/mol. The first-order valence-corrected chi connectivity index (χ1v) is 11.5. The summed E-state index contributed by atoms with van der Waals surface area (Å²) < 4.78 is 2.31. The third-order valence-corrected chi connectivity index (χ3v) is 6.81. The van der Waals surface area contributed by atoms with E-state index in [2.05, 4.69) is 26.1 Å². The maximum Gasteiger partial charge on any atom is 0.242 e. The summed E-state index contributed by atoms with van der Waals surface area (Å²) in [7, 11) is 0. The van der Waals surface area contributed by atoms with E-state index in [1.54, 1.807) is 0 Å². The molecule has 2 aliphatic carbocycles. The first kappa shape index (κ1) is 19.4. The Labute approximate surface area is 181 Å². The molecule has 0 spiro atoms. The van der Waals surface area contributed by atoms with Crippen LogP contribution in [0.4, 0.5) is 5.69 Å². The maximum atomic E-state index is 13.4. The fraction of sp³-hybridized carbons (Fsp3) is 0.375. The lowest BCUT2D eigenvalue weighted by molar-refractivity contribution is -0.115. The lowest BCUT2D eigenvalue weighted by atomic mass is 10.1. The zero-order chi connectivity index (χ0) is 20.7. The van der Waals surface area contributed by atoms with Crippen LogP contribution in [0.1, 0.15) is 65.4 Å². The van der Waals surface area contributed by atoms with E-state index >= 15 is 0 Å². The van der Waals surface area contributed by atoms with Crippen LogP contribution in [0.25, 0.3) is 0 Å². The number of benzene rings is 2. The number of rotatable bonds is 7. The van der Waals surface area contributed by atoms with Crippen LogP contribution in [-0.4, -0.2) is 20.7 Å². The Balaban J connectivity index is 1.45. The van der Waals surface area contributed by atoms with Crippen LogP contribution in [-0.2, 0) is 4.79 Å². The van der Waals surface area contributed by atoms with Crippen LogP contribution in [0, 0.1) is 13.8 Å². The molecule has 1 amide bonds. The van der Waals surface area contributed by atoms with Gasteiger partial charge in [0.1, 0.15) is 11.1 Å². The Morgan fingerprint density at radius 2 is 1.73 bits per heavy atom. The fourth-order valence-electron chi connectivity index (χ4n) is 3.93. The number of aromatic nitrogens is 3. The van der Waals surface area contributed by atoms with E-state index in [1.165, 1.54) is 37.4 Å². The van der Waals surface area contributed by atoms with Crippen molar-refractivity contribution in [3.8, 4) is 0 Å². The van der Waals surface area contributed by atoms with E-state index in [1.807, 2.05) is 56.3 Å². The second kappa shape index (κ2) is 7.91. The number of nitrogens with zero attached hydrogens (tertiary/aromatic N) is 3. The molecule has 2 fully saturated rings. The van der Waals surface area contributed by atoms with Crippen LogP contribution in [0.5, 0.6) is 0 Å². The van der Waals surface area contributed by atoms with Gasteiger partial charge in [0.2, 0.25) is 5.91 Å². The van der Waals surface area contributed by atoms with Crippen molar-refractivity contribution in [2.45, 2.75) is 61.9 Å². The molecule has 2 saturated carbocycles. The number of carbonyl (C=O) groups excluding carboxylic acids is 1. The molecule has 3 aromatic rings. The number of amides is 1. The molecule has 1 N–H and O–H groups in total. The molecule has 2 aliphatic rings. The summed E-state index contributed by atoms with van der Waals surface area (Å²) in [5.74, 6) is 1.63. The van der Waals surface area contributed by atoms with Gasteiger partial charge < -0.3 is 9.88 Å². The molecule has 1 atom stereocenters. The Morgan fingerprint density at radius 1 is 1.03 bits per heavy atom. The van der Waals surface area contributed by atoms with E-state index in [0.717, 1.165) is 33.4 Å². The molecule has 2 aromatic carbocycles. The average molecular weight is 419 g/mol. The first-order valence-electron chi connectivity index (χ1n) is 10.6. The van der Waals surface area contributed by atoms with Crippen molar-refractivity contribution in [1.82, 2.24) is 14.8 Å². The van der Waals surface area contributed by atoms with Crippen LogP contribution >= 0.6 is 11.8 Å². The number of carbonyl (C=O) groups is 1. The van der Waals surface area contributed by atoms with Gasteiger partial charge in [-0.15, -0.1) is 10.2 Å². The summed E-state index contributed by atoms with van der Waals surface area (Å²) >= 11 is 1.52. The normalized spacial score (nSPS) is 17.0. The molecule has 5 rings (SSSR count). The van der Waals surface area contributed by atoms with Crippen LogP contribution in [0.3, 0.4) is 0 Å². The van der Waals surface area contributed by atoms with Crippen LogP contribution < -0.4 is 5.32 Å². The van der Waals surface area contributed by atoms with Gasteiger partial charge >= 0.3 is 0 Å². The molecule has 0 unspecified atom stereocenters. The number of hydrogen-bond donors (Lipinski definition) is 1. The smallest absolute Gasteiger partial charge is 0.242 e. The summed E-state index contributed by atoms with van der Waals surface area (Å²) in [4.78, 5) is 13.4. The quantitative estimate of drug-likeness (QED) is 0.509. The van der Waals surface area contributed by atoms with E-state index in [9.17, 15) is 4.79 Å². The summed E-state index contributed by atoms with van der Waals surface area (Å²) in [6.07, 6.45) is 4.75. The van der Waals surface area contributed by atoms with Gasteiger partial charge in [-0.25, -0.2) is 0 Å². The molecule has 0 aliphatic heterocycles. The van der Waals surface area contributed by atoms with Crippen molar-refractivity contribution in [1.29, 1.82) is 0 Å². The molecule has 6 heteroatoms. The van der Waals surface area contributed by atoms with Crippen molar-refractivity contribution in [2.24, 2.45) is 0 Å². The summed E-state index contributed by atoms with van der Waals surface area (Å²) in [6, 6.07) is 16.6. The molecule has 0 bridgehead atoms. The minimum absolute atomic E-state index is 0.0329. The van der Waals surface area contributed by atoms with Gasteiger partial charge in [0.15, 0.2) is 5.16 Å². The van der Waals surface area contributed by atoms with Gasteiger partial charge in [0.05, 0.1) is 0 Å². The fourth-order valence-corrected chi connectivity index (χ4v) is 5.04. The topological polar surface area (TPSA) is 59.8 Å². The second-order valence-electron chi connectivity index (χ2n) is 8.49. The molecule has 5 nitrogen and oxygen atoms in total. The Kier molecular flexibility index (Phi) is 5.11. The second-order valence-corrected chi connectivity index (χ2v) is 9.56. The van der Waals surface area contributed by atoms with Crippen molar-refractivity contribution >= 4 is 23.4 Å². The maximum absolute atomic E-state index is 13.4. The molecule has 154 valence electrons. The van der Waals surface area contributed by atoms with E-state index < -0.39 is 0 Å². The SMILES string of the molecule is Cc1cc(C)cc(NC(=O)[C@@H](Sc2nnc(C3CC3)n2C2CC2)c2ccccc2)c1. The first-order chi connectivity index (χ1) is 14.6. The molecular formula is C24H26N4OS. The van der Waals surface area contributed by atoms with Crippen molar-refractivity contribution < 1.29 is 4.79 Å². The van der Waals surface area contributed by atoms with Gasteiger partial charge in [-0.1, -0.05) is 48.2 Å². The molecule has 0 saturated heterocycles. The van der Waals surface area contributed by atoms with E-state index in [-0.39, 0.29) is 11.2 Å². The van der Waals surface area contributed by atoms with Crippen LogP contribution in [0.2, 0.25) is 0 Å². The predicted octanol–water partition coefficient (Wildman–Crippen LogP) is 5.58. The predicted molar refractivity (Wildman–Crippen MR) is 120 cm³/mol. The zero-order valence-corrected chi connectivity index (χ0v) is 18.2. The van der Waals surface area contributed by atoms with Gasteiger partial charge in [0, 0.05) is 17.6 Å². The summed E-state index contributed by atoms with van der Waals surface area (Å²) in [5.41, 5.74) is 4.08. The Bertz CT molecular complexity index is 1050. The lowest BCUT2D eigenvalue weighted by Gasteiger charge is -2.18. The van der Waals surface area contributed by atoms with Crippen molar-refractivity contribution in [2.75, 3.05) is 5.32 Å². The van der Waals surface area contributed by atoms with Gasteiger partial charge in [-0.2, -0.15) is 0 Å². The van der Waals surface area contributed by atoms with E-state index in [4.69, 9.17) is 0 Å². The minimum Gasteiger partial charge on any atom is -0.325 e. The highest BCUT2D eigenvalue weighted by molar-refractivity contribution is 8.00. The largest absolute Gasteiger partial charge is 0.325 e. The Hall–Kier alpha value is -2.60. The third-order valence-electron chi connectivity index (χ3n) is 5.60. The van der Waals surface area contributed by atoms with Gasteiger partial charge in [-0.3, -0.25) is 4.79 Å². The number of anilines is 1. The number of nitrogens with one attached hydrogen (secondary N) is 1.